The fourth-order valence-electron chi connectivity index (χ4n) is 1.10. The maximum atomic E-state index is 11.2. The Bertz CT molecular complexity index is 251. The molecule has 72 valence electrons. The molecule has 3 heteroatoms. The molecule has 13 heavy (non-hydrogen) atoms. The number of furan rings is 1. The molecule has 1 rings (SSSR count). The van der Waals surface area contributed by atoms with E-state index in [0.29, 0.717) is 13.0 Å². The lowest BCUT2D eigenvalue weighted by atomic mass is 10.1. The number of esters is 1. The molecule has 3 nitrogen and oxygen atoms in total. The van der Waals surface area contributed by atoms with Crippen molar-refractivity contribution in [3.05, 3.63) is 24.2 Å². The zero-order chi connectivity index (χ0) is 9.68. The van der Waals surface area contributed by atoms with Crippen LogP contribution in [0.3, 0.4) is 0 Å². The van der Waals surface area contributed by atoms with Gasteiger partial charge in [0.1, 0.15) is 5.76 Å². The summed E-state index contributed by atoms with van der Waals surface area (Å²) in [6, 6.07) is 3.67. The average Bonchev–Trinajstić information content (AvgIpc) is 2.57. The van der Waals surface area contributed by atoms with Gasteiger partial charge in [-0.25, -0.2) is 0 Å². The van der Waals surface area contributed by atoms with Crippen LogP contribution in [-0.2, 0) is 16.0 Å². The van der Waals surface area contributed by atoms with Crippen molar-refractivity contribution >= 4 is 5.97 Å². The number of hydrogen-bond acceptors (Lipinski definition) is 3. The lowest BCUT2D eigenvalue weighted by molar-refractivity contribution is -0.147. The van der Waals surface area contributed by atoms with Crippen molar-refractivity contribution in [3.63, 3.8) is 0 Å². The van der Waals surface area contributed by atoms with Crippen LogP contribution >= 0.6 is 0 Å². The number of carbonyl (C=O) groups is 1. The van der Waals surface area contributed by atoms with Gasteiger partial charge in [-0.15, -0.1) is 0 Å². The number of rotatable bonds is 4. The van der Waals surface area contributed by atoms with E-state index in [1.54, 1.807) is 13.2 Å². The van der Waals surface area contributed by atoms with E-state index in [1.165, 1.54) is 0 Å². The number of carbonyl (C=O) groups excluding carboxylic acids is 1. The second-order valence-corrected chi connectivity index (χ2v) is 2.94. The van der Waals surface area contributed by atoms with Gasteiger partial charge in [-0.1, -0.05) is 6.92 Å². The second-order valence-electron chi connectivity index (χ2n) is 2.94. The zero-order valence-corrected chi connectivity index (χ0v) is 7.95. The van der Waals surface area contributed by atoms with Crippen LogP contribution in [0.25, 0.3) is 0 Å². The average molecular weight is 182 g/mol. The maximum absolute atomic E-state index is 11.2. The Labute approximate surface area is 77.7 Å². The van der Waals surface area contributed by atoms with Crippen LogP contribution in [0.2, 0.25) is 0 Å². The van der Waals surface area contributed by atoms with Gasteiger partial charge in [0.05, 0.1) is 18.8 Å². The Balaban J connectivity index is 2.41. The molecule has 0 radical (unpaired) electrons. The van der Waals surface area contributed by atoms with Crippen molar-refractivity contribution in [2.24, 2.45) is 5.92 Å². The maximum Gasteiger partial charge on any atom is 0.309 e. The van der Waals surface area contributed by atoms with E-state index in [0.717, 1.165) is 5.76 Å². The van der Waals surface area contributed by atoms with Gasteiger partial charge in [-0.05, 0) is 19.1 Å². The smallest absolute Gasteiger partial charge is 0.309 e. The first-order valence-corrected chi connectivity index (χ1v) is 4.43. The van der Waals surface area contributed by atoms with Crippen LogP contribution in [0.1, 0.15) is 19.6 Å². The van der Waals surface area contributed by atoms with E-state index in [2.05, 4.69) is 0 Å². The van der Waals surface area contributed by atoms with Crippen LogP contribution in [0.4, 0.5) is 0 Å². The van der Waals surface area contributed by atoms with Crippen molar-refractivity contribution in [3.8, 4) is 0 Å². The Morgan fingerprint density at radius 2 is 2.46 bits per heavy atom. The van der Waals surface area contributed by atoms with Crippen LogP contribution in [0.5, 0.6) is 0 Å². The van der Waals surface area contributed by atoms with Crippen molar-refractivity contribution in [2.45, 2.75) is 20.3 Å². The van der Waals surface area contributed by atoms with Crippen LogP contribution in [0, 0.1) is 5.92 Å². The predicted octanol–water partition coefficient (Wildman–Crippen LogP) is 2.02. The molecule has 1 aromatic rings. The molecule has 0 aliphatic carbocycles. The minimum atomic E-state index is -0.168. The van der Waals surface area contributed by atoms with E-state index < -0.39 is 0 Å². The van der Waals surface area contributed by atoms with Crippen molar-refractivity contribution in [2.75, 3.05) is 6.61 Å². The summed E-state index contributed by atoms with van der Waals surface area (Å²) >= 11 is 0. The van der Waals surface area contributed by atoms with Crippen LogP contribution in [-0.4, -0.2) is 12.6 Å². The van der Waals surface area contributed by atoms with Gasteiger partial charge < -0.3 is 9.15 Å². The van der Waals surface area contributed by atoms with Gasteiger partial charge in [0, 0.05) is 6.42 Å². The quantitative estimate of drug-likeness (QED) is 0.669. The summed E-state index contributed by atoms with van der Waals surface area (Å²) in [7, 11) is 0. The van der Waals surface area contributed by atoms with Crippen molar-refractivity contribution in [1.82, 2.24) is 0 Å². The zero-order valence-electron chi connectivity index (χ0n) is 7.95. The highest BCUT2D eigenvalue weighted by molar-refractivity contribution is 5.72. The second kappa shape index (κ2) is 4.70. The fourth-order valence-corrected chi connectivity index (χ4v) is 1.10. The molecular weight excluding hydrogens is 168 g/mol. The van der Waals surface area contributed by atoms with E-state index in [9.17, 15) is 4.79 Å². The van der Waals surface area contributed by atoms with Gasteiger partial charge in [-0.3, -0.25) is 4.79 Å². The molecule has 1 atom stereocenters. The highest BCUT2D eigenvalue weighted by atomic mass is 16.5. The van der Waals surface area contributed by atoms with E-state index in [-0.39, 0.29) is 11.9 Å². The molecular formula is C10H14O3. The van der Waals surface area contributed by atoms with Crippen molar-refractivity contribution in [1.29, 1.82) is 0 Å². The van der Waals surface area contributed by atoms with Gasteiger partial charge in [0.15, 0.2) is 0 Å². The lowest BCUT2D eigenvalue weighted by Gasteiger charge is -2.07. The summed E-state index contributed by atoms with van der Waals surface area (Å²) < 4.78 is 10.00. The first-order valence-electron chi connectivity index (χ1n) is 4.43. The van der Waals surface area contributed by atoms with Crippen LogP contribution in [0.15, 0.2) is 22.8 Å². The highest BCUT2D eigenvalue weighted by Gasteiger charge is 2.15. The van der Waals surface area contributed by atoms with E-state index >= 15 is 0 Å². The summed E-state index contributed by atoms with van der Waals surface area (Å²) in [6.45, 7) is 4.07. The first-order chi connectivity index (χ1) is 6.24. The third-order valence-electron chi connectivity index (χ3n) is 1.78. The molecule has 0 fully saturated rings. The summed E-state index contributed by atoms with van der Waals surface area (Å²) in [6.07, 6.45) is 2.21. The highest BCUT2D eigenvalue weighted by Crippen LogP contribution is 2.10. The molecule has 1 unspecified atom stereocenters. The molecule has 1 aromatic heterocycles. The largest absolute Gasteiger partial charge is 0.469 e. The minimum Gasteiger partial charge on any atom is -0.469 e. The molecule has 0 bridgehead atoms. The Kier molecular flexibility index (Phi) is 3.55. The summed E-state index contributed by atoms with van der Waals surface area (Å²) in [5.74, 6) is 0.519. The Morgan fingerprint density at radius 3 is 3.00 bits per heavy atom. The minimum absolute atomic E-state index is 0.133. The lowest BCUT2D eigenvalue weighted by Crippen LogP contribution is -2.16. The third kappa shape index (κ3) is 2.93. The molecule has 0 saturated carbocycles. The molecule has 0 aliphatic rings. The molecule has 0 spiro atoms. The molecule has 0 N–H and O–H groups in total. The number of ether oxygens (including phenoxy) is 1. The SMILES string of the molecule is CCOC(=O)C(C)Cc1ccco1. The monoisotopic (exact) mass is 182 g/mol. The summed E-state index contributed by atoms with van der Waals surface area (Å²) in [4.78, 5) is 11.2. The van der Waals surface area contributed by atoms with Gasteiger partial charge in [0.2, 0.25) is 0 Å². The van der Waals surface area contributed by atoms with E-state index in [1.807, 2.05) is 19.1 Å². The standard InChI is InChI=1S/C10H14O3/c1-3-12-10(11)8(2)7-9-5-4-6-13-9/h4-6,8H,3,7H2,1-2H3. The van der Waals surface area contributed by atoms with Gasteiger partial charge in [-0.2, -0.15) is 0 Å². The van der Waals surface area contributed by atoms with Gasteiger partial charge in [0.25, 0.3) is 0 Å². The molecule has 0 aromatic carbocycles. The fraction of sp³-hybridized carbons (Fsp3) is 0.500. The third-order valence-corrected chi connectivity index (χ3v) is 1.78. The summed E-state index contributed by atoms with van der Waals surface area (Å²) in [5, 5.41) is 0. The van der Waals surface area contributed by atoms with Gasteiger partial charge >= 0.3 is 5.97 Å². The number of hydrogen-bond donors (Lipinski definition) is 0. The normalized spacial score (nSPS) is 12.5. The Hall–Kier alpha value is -1.25. The van der Waals surface area contributed by atoms with E-state index in [4.69, 9.17) is 9.15 Å². The Morgan fingerprint density at radius 1 is 1.69 bits per heavy atom. The predicted molar refractivity (Wildman–Crippen MR) is 48.2 cm³/mol. The van der Waals surface area contributed by atoms with Crippen molar-refractivity contribution < 1.29 is 13.9 Å². The first kappa shape index (κ1) is 9.84. The molecule has 1 heterocycles. The topological polar surface area (TPSA) is 39.4 Å². The molecule has 0 aliphatic heterocycles. The summed E-state index contributed by atoms with van der Waals surface area (Å²) in [5.41, 5.74) is 0. The van der Waals surface area contributed by atoms with Crippen LogP contribution < -0.4 is 0 Å². The molecule has 0 amide bonds. The molecule has 0 saturated heterocycles.